The molecule has 9 heteroatoms. The minimum atomic E-state index is -3.51. The van der Waals surface area contributed by atoms with E-state index in [1.54, 1.807) is 23.0 Å². The van der Waals surface area contributed by atoms with Gasteiger partial charge in [-0.2, -0.15) is 5.10 Å². The highest BCUT2D eigenvalue weighted by molar-refractivity contribution is 7.91. The molecule has 0 aliphatic carbocycles. The van der Waals surface area contributed by atoms with Crippen LogP contribution in [0.2, 0.25) is 0 Å². The van der Waals surface area contributed by atoms with Crippen molar-refractivity contribution in [1.82, 2.24) is 19.8 Å². The molecular formula is C17H26N4O3S2. The van der Waals surface area contributed by atoms with Crippen molar-refractivity contribution in [2.45, 2.75) is 37.8 Å². The Morgan fingerprint density at radius 1 is 1.23 bits per heavy atom. The van der Waals surface area contributed by atoms with Crippen molar-refractivity contribution >= 4 is 27.3 Å². The van der Waals surface area contributed by atoms with Gasteiger partial charge < -0.3 is 5.32 Å². The summed E-state index contributed by atoms with van der Waals surface area (Å²) in [6.07, 6.45) is 4.79. The van der Waals surface area contributed by atoms with Gasteiger partial charge in [-0.1, -0.05) is 20.8 Å². The highest BCUT2D eigenvalue weighted by Gasteiger charge is 2.21. The maximum atomic E-state index is 12.4. The van der Waals surface area contributed by atoms with E-state index in [-0.39, 0.29) is 5.91 Å². The molecule has 2 aromatic rings. The predicted molar refractivity (Wildman–Crippen MR) is 103 cm³/mol. The summed E-state index contributed by atoms with van der Waals surface area (Å²) in [6, 6.07) is 3.40. The number of carbonyl (C=O) groups is 1. The first-order chi connectivity index (χ1) is 12.1. The maximum Gasteiger partial charge on any atom is 0.250 e. The second kappa shape index (κ2) is 8.32. The fraction of sp³-hybridized carbons (Fsp3) is 0.529. The van der Waals surface area contributed by atoms with E-state index in [9.17, 15) is 13.2 Å². The van der Waals surface area contributed by atoms with Crippen LogP contribution in [0.15, 0.2) is 28.7 Å². The number of aryl methyl sites for hydroxylation is 1. The molecule has 0 atom stereocenters. The standard InChI is InChI=1S/C17H26N4O3S2/c1-17(2,3)16(22)18-9-8-14-5-6-15(25-14)26(23,24)20-10-7-13-11-19-21(4)12-13/h5-6,11-12,20H,7-10H2,1-4H3,(H,18,22). The van der Waals surface area contributed by atoms with Crippen LogP contribution in [0.5, 0.6) is 0 Å². The lowest BCUT2D eigenvalue weighted by Gasteiger charge is -2.17. The largest absolute Gasteiger partial charge is 0.355 e. The summed E-state index contributed by atoms with van der Waals surface area (Å²) in [5.41, 5.74) is 0.555. The first-order valence-corrected chi connectivity index (χ1v) is 10.7. The molecule has 1 amide bonds. The van der Waals surface area contributed by atoms with E-state index >= 15 is 0 Å². The summed E-state index contributed by atoms with van der Waals surface area (Å²) >= 11 is 1.23. The van der Waals surface area contributed by atoms with Gasteiger partial charge in [-0.15, -0.1) is 11.3 Å². The predicted octanol–water partition coefficient (Wildman–Crippen LogP) is 1.71. The Labute approximate surface area is 158 Å². The average molecular weight is 399 g/mol. The summed E-state index contributed by atoms with van der Waals surface area (Å²) < 4.78 is 29.3. The zero-order valence-electron chi connectivity index (χ0n) is 15.6. The number of rotatable bonds is 8. The summed E-state index contributed by atoms with van der Waals surface area (Å²) in [7, 11) is -1.69. The van der Waals surface area contributed by atoms with Crippen LogP contribution in [0.1, 0.15) is 31.2 Å². The topological polar surface area (TPSA) is 93.1 Å². The summed E-state index contributed by atoms with van der Waals surface area (Å²) in [5, 5.41) is 6.93. The molecule has 7 nitrogen and oxygen atoms in total. The highest BCUT2D eigenvalue weighted by atomic mass is 32.2. The van der Waals surface area contributed by atoms with Gasteiger partial charge in [-0.25, -0.2) is 13.1 Å². The van der Waals surface area contributed by atoms with Gasteiger partial charge in [-0.05, 0) is 30.5 Å². The van der Waals surface area contributed by atoms with Gasteiger partial charge in [0.1, 0.15) is 4.21 Å². The molecule has 0 aliphatic rings. The summed E-state index contributed by atoms with van der Waals surface area (Å²) in [6.45, 7) is 6.38. The first kappa shape index (κ1) is 20.6. The van der Waals surface area contributed by atoms with Crippen LogP contribution in [-0.4, -0.2) is 37.2 Å². The Morgan fingerprint density at radius 3 is 2.58 bits per heavy atom. The van der Waals surface area contributed by atoms with E-state index in [1.807, 2.05) is 34.0 Å². The van der Waals surface area contributed by atoms with Gasteiger partial charge in [0.05, 0.1) is 6.20 Å². The van der Waals surface area contributed by atoms with E-state index in [2.05, 4.69) is 15.1 Å². The molecule has 2 N–H and O–H groups in total. The van der Waals surface area contributed by atoms with Gasteiger partial charge in [0, 0.05) is 36.6 Å². The lowest BCUT2D eigenvalue weighted by atomic mass is 9.96. The fourth-order valence-corrected chi connectivity index (χ4v) is 4.63. The quantitative estimate of drug-likeness (QED) is 0.708. The van der Waals surface area contributed by atoms with Gasteiger partial charge in [0.2, 0.25) is 15.9 Å². The number of carbonyl (C=O) groups excluding carboxylic acids is 1. The fourth-order valence-electron chi connectivity index (χ4n) is 2.20. The zero-order valence-corrected chi connectivity index (χ0v) is 17.2. The van der Waals surface area contributed by atoms with Crippen LogP contribution in [0, 0.1) is 5.41 Å². The van der Waals surface area contributed by atoms with Crippen LogP contribution in [-0.2, 0) is 34.7 Å². The Kier molecular flexibility index (Phi) is 6.59. The average Bonchev–Trinajstić information content (AvgIpc) is 3.16. The molecule has 0 saturated heterocycles. The normalized spacial score (nSPS) is 12.3. The molecule has 0 aromatic carbocycles. The SMILES string of the molecule is Cn1cc(CCNS(=O)(=O)c2ccc(CCNC(=O)C(C)(C)C)s2)cn1. The minimum Gasteiger partial charge on any atom is -0.355 e. The molecule has 0 unspecified atom stereocenters. The third-order valence-corrected chi connectivity index (χ3v) is 6.80. The van der Waals surface area contributed by atoms with Crippen molar-refractivity contribution in [1.29, 1.82) is 0 Å². The monoisotopic (exact) mass is 398 g/mol. The van der Waals surface area contributed by atoms with Crippen molar-refractivity contribution in [2.75, 3.05) is 13.1 Å². The second-order valence-electron chi connectivity index (χ2n) is 7.15. The number of hydrogen-bond acceptors (Lipinski definition) is 5. The van der Waals surface area contributed by atoms with E-state index in [4.69, 9.17) is 0 Å². The van der Waals surface area contributed by atoms with Crippen LogP contribution < -0.4 is 10.0 Å². The van der Waals surface area contributed by atoms with Crippen molar-refractivity contribution < 1.29 is 13.2 Å². The van der Waals surface area contributed by atoms with Crippen molar-refractivity contribution in [2.24, 2.45) is 12.5 Å². The maximum absolute atomic E-state index is 12.4. The minimum absolute atomic E-state index is 0.0148. The summed E-state index contributed by atoms with van der Waals surface area (Å²) in [5.74, 6) is -0.0148. The van der Waals surface area contributed by atoms with Gasteiger partial charge >= 0.3 is 0 Å². The van der Waals surface area contributed by atoms with E-state index in [0.29, 0.717) is 30.1 Å². The third-order valence-electron chi connectivity index (χ3n) is 3.70. The van der Waals surface area contributed by atoms with Crippen molar-refractivity contribution in [3.63, 3.8) is 0 Å². The third kappa shape index (κ3) is 5.93. The van der Waals surface area contributed by atoms with Crippen LogP contribution in [0.4, 0.5) is 0 Å². The van der Waals surface area contributed by atoms with Gasteiger partial charge in [-0.3, -0.25) is 9.48 Å². The van der Waals surface area contributed by atoms with Crippen molar-refractivity contribution in [3.05, 3.63) is 35.0 Å². The summed E-state index contributed by atoms with van der Waals surface area (Å²) in [4.78, 5) is 12.8. The molecule has 0 fully saturated rings. The van der Waals surface area contributed by atoms with E-state index in [0.717, 1.165) is 10.4 Å². The number of nitrogens with zero attached hydrogens (tertiary/aromatic N) is 2. The molecule has 2 rings (SSSR count). The molecule has 0 saturated carbocycles. The number of amides is 1. The van der Waals surface area contributed by atoms with E-state index < -0.39 is 15.4 Å². The van der Waals surface area contributed by atoms with E-state index in [1.165, 1.54) is 11.3 Å². The van der Waals surface area contributed by atoms with Gasteiger partial charge in [0.15, 0.2) is 0 Å². The second-order valence-corrected chi connectivity index (χ2v) is 10.3. The Morgan fingerprint density at radius 2 is 1.96 bits per heavy atom. The Bertz CT molecular complexity index is 847. The molecule has 2 aromatic heterocycles. The molecular weight excluding hydrogens is 372 g/mol. The van der Waals surface area contributed by atoms with Crippen LogP contribution >= 0.6 is 11.3 Å². The molecule has 144 valence electrons. The first-order valence-electron chi connectivity index (χ1n) is 8.42. The lowest BCUT2D eigenvalue weighted by Crippen LogP contribution is -2.35. The number of nitrogens with one attached hydrogen (secondary N) is 2. The van der Waals surface area contributed by atoms with Gasteiger partial charge in [0.25, 0.3) is 0 Å². The highest BCUT2D eigenvalue weighted by Crippen LogP contribution is 2.22. The molecule has 0 spiro atoms. The Hall–Kier alpha value is -1.71. The van der Waals surface area contributed by atoms with Crippen LogP contribution in [0.25, 0.3) is 0 Å². The van der Waals surface area contributed by atoms with Crippen molar-refractivity contribution in [3.8, 4) is 0 Å². The lowest BCUT2D eigenvalue weighted by molar-refractivity contribution is -0.128. The number of thiophene rings is 1. The molecule has 0 radical (unpaired) electrons. The molecule has 2 heterocycles. The van der Waals surface area contributed by atoms with Crippen LogP contribution in [0.3, 0.4) is 0 Å². The number of sulfonamides is 1. The number of hydrogen-bond donors (Lipinski definition) is 2. The smallest absolute Gasteiger partial charge is 0.250 e. The Balaban J connectivity index is 1.83. The number of aromatic nitrogens is 2. The zero-order chi connectivity index (χ0) is 19.4. The molecule has 26 heavy (non-hydrogen) atoms. The molecule has 0 aliphatic heterocycles. The molecule has 0 bridgehead atoms.